The van der Waals surface area contributed by atoms with Crippen molar-refractivity contribution in [3.05, 3.63) is 423 Å². The number of aromatic nitrogens is 4. The number of halogens is 4. The summed E-state index contributed by atoms with van der Waals surface area (Å²) in [7, 11) is 0. The highest BCUT2D eigenvalue weighted by atomic mass is 19.2. The zero-order valence-corrected chi connectivity index (χ0v) is 64.1. The lowest BCUT2D eigenvalue weighted by molar-refractivity contribution is 0.512. The van der Waals surface area contributed by atoms with Gasteiger partial charge in [0.15, 0.2) is 11.6 Å². The molecule has 0 N–H and O–H groups in total. The fourth-order valence-corrected chi connectivity index (χ4v) is 18.3. The monoisotopic (exact) mass is 1540 g/mol. The van der Waals surface area contributed by atoms with E-state index in [-0.39, 0.29) is 33.4 Å². The molecule has 22 rings (SSSR count). The summed E-state index contributed by atoms with van der Waals surface area (Å²) < 4.78 is 81.7. The van der Waals surface area contributed by atoms with Crippen molar-refractivity contribution in [2.45, 2.75) is 0 Å². The molecule has 0 atom stereocenters. The molecule has 120 heavy (non-hydrogen) atoms. The highest BCUT2D eigenvalue weighted by Crippen LogP contribution is 2.48. The van der Waals surface area contributed by atoms with E-state index in [9.17, 15) is 10.5 Å². The number of para-hydroxylation sites is 2. The molecule has 6 nitrogen and oxygen atoms in total. The fourth-order valence-electron chi connectivity index (χ4n) is 18.3. The first-order valence-electron chi connectivity index (χ1n) is 39.8. The zero-order chi connectivity index (χ0) is 80.4. The van der Waals surface area contributed by atoms with Crippen LogP contribution in [0.25, 0.3) is 210 Å². The molecule has 0 fully saturated rings. The molecule has 0 saturated heterocycles. The van der Waals surface area contributed by atoms with Crippen molar-refractivity contribution in [2.24, 2.45) is 0 Å². The van der Waals surface area contributed by atoms with Crippen molar-refractivity contribution < 1.29 is 17.6 Å². The van der Waals surface area contributed by atoms with Gasteiger partial charge in [-0.3, -0.25) is 0 Å². The summed E-state index contributed by atoms with van der Waals surface area (Å²) in [5.41, 5.74) is 18.9. The minimum atomic E-state index is -1.42. The Morgan fingerprint density at radius 3 is 0.767 bits per heavy atom. The molecule has 0 saturated carbocycles. The van der Waals surface area contributed by atoms with E-state index in [0.717, 1.165) is 166 Å². The first kappa shape index (κ1) is 70.5. The van der Waals surface area contributed by atoms with Gasteiger partial charge in [-0.2, -0.15) is 10.5 Å². The van der Waals surface area contributed by atoms with Gasteiger partial charge >= 0.3 is 0 Å². The fraction of sp³-hybridized carbons (Fsp3) is 0. The van der Waals surface area contributed by atoms with Crippen molar-refractivity contribution >= 4 is 87.2 Å². The molecule has 0 radical (unpaired) electrons. The number of hydrogen-bond donors (Lipinski definition) is 0. The second-order valence-corrected chi connectivity index (χ2v) is 30.6. The lowest BCUT2D eigenvalue weighted by Gasteiger charge is -2.20. The van der Waals surface area contributed by atoms with Crippen molar-refractivity contribution in [1.82, 2.24) is 18.3 Å². The normalized spacial score (nSPS) is 11.7. The van der Waals surface area contributed by atoms with Gasteiger partial charge < -0.3 is 18.3 Å². The highest BCUT2D eigenvalue weighted by molar-refractivity contribution is 6.16. The van der Waals surface area contributed by atoms with E-state index in [1.54, 1.807) is 24.3 Å². The molecule has 4 heterocycles. The molecule has 18 aromatic carbocycles. The third kappa shape index (κ3) is 11.4. The zero-order valence-electron chi connectivity index (χ0n) is 64.1. The number of hydrogen-bond acceptors (Lipinski definition) is 2. The van der Waals surface area contributed by atoms with Gasteiger partial charge in [-0.25, -0.2) is 17.6 Å². The summed E-state index contributed by atoms with van der Waals surface area (Å²) in [5, 5.41) is 31.4. The van der Waals surface area contributed by atoms with E-state index >= 15 is 17.6 Å². The van der Waals surface area contributed by atoms with Crippen LogP contribution in [0.2, 0.25) is 0 Å². The van der Waals surface area contributed by atoms with Crippen LogP contribution >= 0.6 is 0 Å². The largest absolute Gasteiger partial charge is 0.308 e. The Morgan fingerprint density at radius 1 is 0.175 bits per heavy atom. The Morgan fingerprint density at radius 2 is 0.425 bits per heavy atom. The number of benzene rings is 18. The van der Waals surface area contributed by atoms with Crippen molar-refractivity contribution in [3.63, 3.8) is 0 Å². The topological polar surface area (TPSA) is 67.3 Å². The van der Waals surface area contributed by atoms with Crippen LogP contribution in [0.1, 0.15) is 11.1 Å². The SMILES string of the molecule is N#Cc1c(-n2c3ccccc3c3ccc(-c4ccccc4)cc32)cc(-c2cc(F)c(-c3ccc(-c4cc(-n5c6ccc(-c7ccccc7)cc6c6cc(-c7ccccc7)ccc65)c(C#N)c(-n5c6ccc(-c7ccccc7)cc6c6cc(-c7ccccc7)ccc65)c4)c(F)c3F)cc2F)cc1-n1c2ccccc2c2ccc(-c3ccccc3)cc21. The van der Waals surface area contributed by atoms with Gasteiger partial charge in [0.25, 0.3) is 0 Å². The van der Waals surface area contributed by atoms with Gasteiger partial charge in [0.1, 0.15) is 34.9 Å². The van der Waals surface area contributed by atoms with E-state index in [1.165, 1.54) is 12.1 Å². The minimum absolute atomic E-state index is 0.190. The van der Waals surface area contributed by atoms with Gasteiger partial charge in [-0.15, -0.1) is 0 Å². The molecular formula is C110H64F4N6. The lowest BCUT2D eigenvalue weighted by atomic mass is 9.94. The summed E-state index contributed by atoms with van der Waals surface area (Å²) in [5.74, 6) is -4.71. The second-order valence-electron chi connectivity index (χ2n) is 30.6. The van der Waals surface area contributed by atoms with E-state index in [0.29, 0.717) is 22.7 Å². The molecule has 0 unspecified atom stereocenters. The Balaban J connectivity index is 0.754. The van der Waals surface area contributed by atoms with Gasteiger partial charge in [0.05, 0.1) is 66.9 Å². The van der Waals surface area contributed by atoms with Crippen LogP contribution in [0, 0.1) is 45.9 Å². The third-order valence-electron chi connectivity index (χ3n) is 24.0. The Labute approximate surface area is 686 Å². The molecular weight excluding hydrogens is 1480 g/mol. The van der Waals surface area contributed by atoms with Gasteiger partial charge in [0.2, 0.25) is 0 Å². The third-order valence-corrected chi connectivity index (χ3v) is 24.0. The molecule has 0 bridgehead atoms. The van der Waals surface area contributed by atoms with Crippen molar-refractivity contribution in [1.29, 1.82) is 10.5 Å². The average molecular weight is 1550 g/mol. The molecule has 4 aromatic heterocycles. The first-order valence-corrected chi connectivity index (χ1v) is 39.8. The van der Waals surface area contributed by atoms with Crippen LogP contribution in [-0.4, -0.2) is 18.3 Å². The molecule has 10 heteroatoms. The summed E-state index contributed by atoms with van der Waals surface area (Å²) in [6, 6.07) is 131. The quantitative estimate of drug-likeness (QED) is 0.108. The maximum Gasteiger partial charge on any atom is 0.167 e. The summed E-state index contributed by atoms with van der Waals surface area (Å²) >= 11 is 0. The van der Waals surface area contributed by atoms with Crippen molar-refractivity contribution in [2.75, 3.05) is 0 Å². The van der Waals surface area contributed by atoms with Gasteiger partial charge in [-0.1, -0.05) is 279 Å². The van der Waals surface area contributed by atoms with Crippen LogP contribution in [-0.2, 0) is 0 Å². The van der Waals surface area contributed by atoms with E-state index in [4.69, 9.17) is 0 Å². The van der Waals surface area contributed by atoms with Gasteiger partial charge in [-0.05, 0) is 187 Å². The Bertz CT molecular complexity index is 7480. The van der Waals surface area contributed by atoms with E-state index in [2.05, 4.69) is 170 Å². The van der Waals surface area contributed by atoms with Crippen LogP contribution in [0.5, 0.6) is 0 Å². The number of nitriles is 2. The van der Waals surface area contributed by atoms with E-state index in [1.807, 2.05) is 200 Å². The smallest absolute Gasteiger partial charge is 0.167 e. The van der Waals surface area contributed by atoms with Gasteiger partial charge in [0, 0.05) is 65.3 Å². The standard InChI is InChI=1S/C110H64F4N6/c111-95-64-88(96(112)63-87(95)80-61-107(119-97-37-21-19-35-82(97)84-45-39-77(57-103(84)119)71-31-15-5-16-32-71)94(66-116)108(62-80)120-98-38-22-20-36-83(98)85-46-40-78(58-104(85)120)72-33-17-6-18-34-72)86-48-47-81(109(113)110(86)114)79-59-105(117-99-49-41-73(67-23-7-1-8-24-67)53-89(99)90-54-74(42-50-100(90)117)68-25-9-2-10-26-68)93(65-115)106(60-79)118-101-51-43-75(69-27-11-3-12-28-69)55-91(101)92-56-76(44-52-102(92)118)70-29-13-4-14-30-70/h1-64H. The van der Waals surface area contributed by atoms with Crippen molar-refractivity contribution in [3.8, 4) is 135 Å². The Kier molecular flexibility index (Phi) is 16.7. The number of fused-ring (bicyclic) bond motifs is 12. The number of rotatable bonds is 13. The number of nitrogens with zero attached hydrogens (tertiary/aromatic N) is 6. The van der Waals surface area contributed by atoms with Crippen LogP contribution in [0.3, 0.4) is 0 Å². The van der Waals surface area contributed by atoms with E-state index < -0.39 is 34.4 Å². The molecule has 0 aliphatic carbocycles. The van der Waals surface area contributed by atoms with Crippen LogP contribution in [0.4, 0.5) is 17.6 Å². The Hall–Kier alpha value is -16.1. The van der Waals surface area contributed by atoms with Crippen LogP contribution < -0.4 is 0 Å². The summed E-state index contributed by atoms with van der Waals surface area (Å²) in [6.45, 7) is 0. The summed E-state index contributed by atoms with van der Waals surface area (Å²) in [4.78, 5) is 0. The average Bonchev–Trinajstić information content (AvgIpc) is 1.53. The molecule has 562 valence electrons. The molecule has 22 aromatic rings. The molecule has 0 amide bonds. The minimum Gasteiger partial charge on any atom is -0.308 e. The molecule has 0 spiro atoms. The maximum atomic E-state index is 18.6. The lowest BCUT2D eigenvalue weighted by Crippen LogP contribution is -2.06. The molecule has 0 aliphatic rings. The second kappa shape index (κ2) is 28.4. The maximum absolute atomic E-state index is 18.6. The predicted molar refractivity (Wildman–Crippen MR) is 482 cm³/mol. The summed E-state index contributed by atoms with van der Waals surface area (Å²) in [6.07, 6.45) is 0. The van der Waals surface area contributed by atoms with Crippen LogP contribution in [0.15, 0.2) is 388 Å². The highest BCUT2D eigenvalue weighted by Gasteiger charge is 2.30. The first-order chi connectivity index (χ1) is 59.1. The molecule has 0 aliphatic heterocycles. The predicted octanol–water partition coefficient (Wildman–Crippen LogP) is 29.4.